The van der Waals surface area contributed by atoms with Crippen LogP contribution in [0.3, 0.4) is 0 Å². The van der Waals surface area contributed by atoms with Crippen LogP contribution in [0.4, 0.5) is 0 Å². The number of aliphatic hydroxyl groups is 1. The summed E-state index contributed by atoms with van der Waals surface area (Å²) in [5, 5.41) is 9.18. The molecule has 0 bridgehead atoms. The molecule has 0 spiro atoms. The molecule has 2 aromatic rings. The van der Waals surface area contributed by atoms with Crippen molar-refractivity contribution in [2.24, 2.45) is 0 Å². The van der Waals surface area contributed by atoms with E-state index >= 15 is 0 Å². The molecule has 0 atom stereocenters. The molecule has 3 nitrogen and oxygen atoms in total. The zero-order valence-corrected chi connectivity index (χ0v) is 10.9. The highest BCUT2D eigenvalue weighted by Gasteiger charge is 2.05. The second-order valence-electron chi connectivity index (χ2n) is 4.68. The first-order chi connectivity index (χ1) is 8.51. The smallest absolute Gasteiger partial charge is 0.187 e. The van der Waals surface area contributed by atoms with Crippen molar-refractivity contribution in [2.75, 3.05) is 0 Å². The molecule has 1 heterocycles. The van der Waals surface area contributed by atoms with Crippen LogP contribution in [0.2, 0.25) is 0 Å². The summed E-state index contributed by atoms with van der Waals surface area (Å²) < 4.78 is 1.94. The fourth-order valence-electron chi connectivity index (χ4n) is 2.16. The summed E-state index contributed by atoms with van der Waals surface area (Å²) in [6.07, 6.45) is 1.71. The Balaban J connectivity index is 2.66. The fraction of sp³-hybridized carbons (Fsp3) is 0.267. The Bertz CT molecular complexity index is 621. The number of rotatable bonds is 2. The average molecular weight is 243 g/mol. The van der Waals surface area contributed by atoms with E-state index in [1.807, 2.05) is 25.3 Å². The van der Waals surface area contributed by atoms with Gasteiger partial charge in [0.2, 0.25) is 0 Å². The van der Waals surface area contributed by atoms with Gasteiger partial charge in [0, 0.05) is 29.2 Å². The van der Waals surface area contributed by atoms with Crippen LogP contribution in [-0.4, -0.2) is 9.67 Å². The predicted molar refractivity (Wildman–Crippen MR) is 72.2 cm³/mol. The standard InChI is InChI=1S/C15H17NO2/c1-10-4-11(2)6-14(5-10)16-8-13(9-17)15(18)7-12(16)3/h4-8,17H,9H2,1-3H3. The van der Waals surface area contributed by atoms with Gasteiger partial charge in [0.05, 0.1) is 6.61 Å². The third kappa shape index (κ3) is 2.36. The van der Waals surface area contributed by atoms with Crippen molar-refractivity contribution in [1.82, 2.24) is 4.57 Å². The molecule has 0 aliphatic rings. The van der Waals surface area contributed by atoms with E-state index in [1.54, 1.807) is 12.3 Å². The summed E-state index contributed by atoms with van der Waals surface area (Å²) in [6, 6.07) is 7.79. The molecule has 0 amide bonds. The highest BCUT2D eigenvalue weighted by atomic mass is 16.3. The van der Waals surface area contributed by atoms with Gasteiger partial charge >= 0.3 is 0 Å². The van der Waals surface area contributed by atoms with Crippen LogP contribution in [0.5, 0.6) is 0 Å². The Labute approximate surface area is 106 Å². The topological polar surface area (TPSA) is 42.2 Å². The monoisotopic (exact) mass is 243 g/mol. The summed E-state index contributed by atoms with van der Waals surface area (Å²) in [7, 11) is 0. The lowest BCUT2D eigenvalue weighted by Crippen LogP contribution is -2.14. The Hall–Kier alpha value is -1.87. The van der Waals surface area contributed by atoms with Crippen LogP contribution >= 0.6 is 0 Å². The van der Waals surface area contributed by atoms with Gasteiger partial charge in [0.25, 0.3) is 0 Å². The second kappa shape index (κ2) is 4.78. The van der Waals surface area contributed by atoms with Crippen LogP contribution in [0.25, 0.3) is 5.69 Å². The van der Waals surface area contributed by atoms with Gasteiger partial charge in [-0.25, -0.2) is 0 Å². The first kappa shape index (κ1) is 12.6. The van der Waals surface area contributed by atoms with Crippen molar-refractivity contribution >= 4 is 0 Å². The van der Waals surface area contributed by atoms with Crippen LogP contribution in [0, 0.1) is 20.8 Å². The maximum atomic E-state index is 11.6. The van der Waals surface area contributed by atoms with E-state index in [2.05, 4.69) is 18.2 Å². The van der Waals surface area contributed by atoms with Crippen molar-refractivity contribution in [3.8, 4) is 5.69 Å². The molecule has 18 heavy (non-hydrogen) atoms. The Kier molecular flexibility index (Phi) is 3.34. The quantitative estimate of drug-likeness (QED) is 0.879. The third-order valence-corrected chi connectivity index (χ3v) is 2.98. The van der Waals surface area contributed by atoms with Crippen LogP contribution in [0.15, 0.2) is 35.3 Å². The van der Waals surface area contributed by atoms with E-state index in [-0.39, 0.29) is 12.0 Å². The van der Waals surface area contributed by atoms with Gasteiger partial charge < -0.3 is 9.67 Å². The van der Waals surface area contributed by atoms with Gasteiger partial charge in [-0.3, -0.25) is 4.79 Å². The molecule has 1 N–H and O–H groups in total. The molecule has 0 aliphatic heterocycles. The van der Waals surface area contributed by atoms with E-state index in [1.165, 1.54) is 11.1 Å². The van der Waals surface area contributed by atoms with E-state index in [0.717, 1.165) is 11.4 Å². The Morgan fingerprint density at radius 1 is 1.06 bits per heavy atom. The minimum atomic E-state index is -0.232. The zero-order chi connectivity index (χ0) is 13.3. The van der Waals surface area contributed by atoms with Crippen molar-refractivity contribution in [3.63, 3.8) is 0 Å². The van der Waals surface area contributed by atoms with Gasteiger partial charge in [-0.2, -0.15) is 0 Å². The van der Waals surface area contributed by atoms with Crippen LogP contribution in [0.1, 0.15) is 22.4 Å². The van der Waals surface area contributed by atoms with E-state index in [0.29, 0.717) is 5.56 Å². The van der Waals surface area contributed by atoms with Crippen LogP contribution in [-0.2, 0) is 6.61 Å². The molecular weight excluding hydrogens is 226 g/mol. The zero-order valence-electron chi connectivity index (χ0n) is 10.9. The molecule has 0 saturated heterocycles. The number of aromatic nitrogens is 1. The van der Waals surface area contributed by atoms with Gasteiger partial charge in [-0.05, 0) is 44.0 Å². The molecule has 94 valence electrons. The highest BCUT2D eigenvalue weighted by Crippen LogP contribution is 2.15. The largest absolute Gasteiger partial charge is 0.391 e. The number of hydrogen-bond donors (Lipinski definition) is 1. The van der Waals surface area contributed by atoms with Gasteiger partial charge in [0.15, 0.2) is 5.43 Å². The van der Waals surface area contributed by atoms with Crippen LogP contribution < -0.4 is 5.43 Å². The van der Waals surface area contributed by atoms with E-state index in [9.17, 15) is 9.90 Å². The number of benzene rings is 1. The van der Waals surface area contributed by atoms with E-state index < -0.39 is 0 Å². The molecule has 2 rings (SSSR count). The minimum absolute atomic E-state index is 0.115. The summed E-state index contributed by atoms with van der Waals surface area (Å²) in [6.45, 7) is 5.74. The van der Waals surface area contributed by atoms with Gasteiger partial charge in [-0.1, -0.05) is 6.07 Å². The summed E-state index contributed by atoms with van der Waals surface area (Å²) in [4.78, 5) is 11.6. The van der Waals surface area contributed by atoms with E-state index in [4.69, 9.17) is 0 Å². The fourth-order valence-corrected chi connectivity index (χ4v) is 2.16. The van der Waals surface area contributed by atoms with Crippen molar-refractivity contribution in [2.45, 2.75) is 27.4 Å². The van der Waals surface area contributed by atoms with Gasteiger partial charge in [-0.15, -0.1) is 0 Å². The average Bonchev–Trinajstić information content (AvgIpc) is 2.27. The first-order valence-corrected chi connectivity index (χ1v) is 5.93. The lowest BCUT2D eigenvalue weighted by molar-refractivity contribution is 0.280. The first-order valence-electron chi connectivity index (χ1n) is 5.93. The normalized spacial score (nSPS) is 10.7. The summed E-state index contributed by atoms with van der Waals surface area (Å²) in [5.41, 5.74) is 4.53. The predicted octanol–water partition coefficient (Wildman–Crippen LogP) is 2.26. The maximum Gasteiger partial charge on any atom is 0.187 e. The maximum absolute atomic E-state index is 11.6. The molecule has 0 radical (unpaired) electrons. The SMILES string of the molecule is Cc1cc(C)cc(-n2cc(CO)c(=O)cc2C)c1. The molecule has 0 saturated carbocycles. The molecule has 1 aromatic carbocycles. The number of aryl methyl sites for hydroxylation is 3. The number of hydrogen-bond acceptors (Lipinski definition) is 2. The molecule has 0 unspecified atom stereocenters. The minimum Gasteiger partial charge on any atom is -0.391 e. The van der Waals surface area contributed by atoms with Crippen molar-refractivity contribution in [3.05, 3.63) is 63.1 Å². The number of nitrogens with zero attached hydrogens (tertiary/aromatic N) is 1. The lowest BCUT2D eigenvalue weighted by Gasteiger charge is -2.13. The molecular formula is C15H17NO2. The molecule has 0 fully saturated rings. The molecule has 0 aliphatic carbocycles. The second-order valence-corrected chi connectivity index (χ2v) is 4.68. The lowest BCUT2D eigenvalue weighted by atomic mass is 10.1. The highest BCUT2D eigenvalue weighted by molar-refractivity contribution is 5.41. The van der Waals surface area contributed by atoms with Crippen molar-refractivity contribution in [1.29, 1.82) is 0 Å². The third-order valence-electron chi connectivity index (χ3n) is 2.98. The molecule has 3 heteroatoms. The summed E-state index contributed by atoms with van der Waals surface area (Å²) >= 11 is 0. The Morgan fingerprint density at radius 2 is 1.67 bits per heavy atom. The molecule has 1 aromatic heterocycles. The van der Waals surface area contributed by atoms with Gasteiger partial charge in [0.1, 0.15) is 0 Å². The Morgan fingerprint density at radius 3 is 2.22 bits per heavy atom. The summed E-state index contributed by atoms with van der Waals surface area (Å²) in [5.74, 6) is 0. The number of aliphatic hydroxyl groups excluding tert-OH is 1. The number of pyridine rings is 1. The van der Waals surface area contributed by atoms with Crippen molar-refractivity contribution < 1.29 is 5.11 Å².